The normalized spacial score (nSPS) is 25.2. The summed E-state index contributed by atoms with van der Waals surface area (Å²) in [5.74, 6) is -0.387. The average Bonchev–Trinajstić information content (AvgIpc) is 3.40. The van der Waals surface area contributed by atoms with Gasteiger partial charge in [-0.15, -0.1) is 0 Å². The molecule has 7 rings (SSSR count). The van der Waals surface area contributed by atoms with E-state index >= 15 is 0 Å². The number of hydrogen-bond donors (Lipinski definition) is 1. The first-order chi connectivity index (χ1) is 20.8. The van der Waals surface area contributed by atoms with Crippen LogP contribution in [0, 0.1) is 0 Å². The number of aromatic nitrogens is 2. The van der Waals surface area contributed by atoms with Gasteiger partial charge in [0.2, 0.25) is 0 Å². The molecule has 10 nitrogen and oxygen atoms in total. The van der Waals surface area contributed by atoms with Crippen LogP contribution < -0.4 is 10.3 Å². The molecule has 1 aromatic carbocycles. The molecule has 2 saturated heterocycles. The summed E-state index contributed by atoms with van der Waals surface area (Å²) < 4.78 is 12.8. The van der Waals surface area contributed by atoms with E-state index in [2.05, 4.69) is 11.8 Å². The molecule has 3 atom stereocenters. The molecule has 0 radical (unpaired) electrons. The van der Waals surface area contributed by atoms with Crippen LogP contribution in [0.5, 0.6) is 5.75 Å². The summed E-state index contributed by atoms with van der Waals surface area (Å²) in [7, 11) is 0. The number of carbonyl (C=O) groups excluding carboxylic acids is 2. The maximum Gasteiger partial charge on any atom is 0.415 e. The highest BCUT2D eigenvalue weighted by molar-refractivity contribution is 5.91. The lowest BCUT2D eigenvalue weighted by atomic mass is 9.86. The molecule has 3 aromatic rings. The van der Waals surface area contributed by atoms with Crippen molar-refractivity contribution in [3.63, 3.8) is 0 Å². The highest BCUT2D eigenvalue weighted by Gasteiger charge is 2.45. The maximum absolute atomic E-state index is 13.6. The summed E-state index contributed by atoms with van der Waals surface area (Å²) in [6.45, 7) is 6.91. The number of piperidine rings is 2. The summed E-state index contributed by atoms with van der Waals surface area (Å²) >= 11 is 0. The van der Waals surface area contributed by atoms with Crippen LogP contribution in [0.3, 0.4) is 0 Å². The van der Waals surface area contributed by atoms with Crippen molar-refractivity contribution in [1.82, 2.24) is 19.4 Å². The Balaban J connectivity index is 1.20. The van der Waals surface area contributed by atoms with Crippen molar-refractivity contribution in [3.05, 3.63) is 57.4 Å². The third-order valence-electron chi connectivity index (χ3n) is 10.00. The predicted molar refractivity (Wildman–Crippen MR) is 160 cm³/mol. The van der Waals surface area contributed by atoms with Gasteiger partial charge in [-0.05, 0) is 69.8 Å². The first kappa shape index (κ1) is 28.0. The molecule has 0 spiro atoms. The second-order valence-electron chi connectivity index (χ2n) is 12.3. The molecule has 0 bridgehead atoms. The fourth-order valence-corrected chi connectivity index (χ4v) is 7.49. The Labute approximate surface area is 250 Å². The Kier molecular flexibility index (Phi) is 7.01. The number of esters is 1. The minimum Gasteiger partial charge on any atom is -0.458 e. The summed E-state index contributed by atoms with van der Waals surface area (Å²) in [5, 5.41) is 12.0. The van der Waals surface area contributed by atoms with E-state index in [1.807, 2.05) is 23.1 Å². The third-order valence-corrected chi connectivity index (χ3v) is 10.00. The number of aliphatic hydroxyl groups is 1. The maximum atomic E-state index is 13.6. The van der Waals surface area contributed by atoms with Crippen molar-refractivity contribution in [2.75, 3.05) is 19.6 Å². The first-order valence-corrected chi connectivity index (χ1v) is 15.6. The van der Waals surface area contributed by atoms with Crippen LogP contribution >= 0.6 is 0 Å². The summed E-state index contributed by atoms with van der Waals surface area (Å²) in [6, 6.07) is 9.80. The second kappa shape index (κ2) is 10.7. The van der Waals surface area contributed by atoms with Crippen LogP contribution in [-0.4, -0.2) is 68.2 Å². The van der Waals surface area contributed by atoms with Crippen molar-refractivity contribution in [3.8, 4) is 17.1 Å². The molecule has 0 saturated carbocycles. The fourth-order valence-electron chi connectivity index (χ4n) is 7.49. The van der Waals surface area contributed by atoms with E-state index in [0.717, 1.165) is 43.3 Å². The van der Waals surface area contributed by atoms with E-state index in [1.165, 1.54) is 19.3 Å². The van der Waals surface area contributed by atoms with E-state index < -0.39 is 11.6 Å². The van der Waals surface area contributed by atoms with Crippen molar-refractivity contribution in [1.29, 1.82) is 0 Å². The monoisotopic (exact) mass is 586 g/mol. The Bertz CT molecular complexity index is 1680. The lowest BCUT2D eigenvalue weighted by molar-refractivity contribution is -0.172. The zero-order chi connectivity index (χ0) is 29.9. The van der Waals surface area contributed by atoms with Crippen LogP contribution in [0.2, 0.25) is 0 Å². The summed E-state index contributed by atoms with van der Waals surface area (Å²) in [6.07, 6.45) is 6.30. The molecular weight excluding hydrogens is 548 g/mol. The van der Waals surface area contributed by atoms with Crippen LogP contribution in [-0.2, 0) is 28.3 Å². The van der Waals surface area contributed by atoms with Gasteiger partial charge in [0.15, 0.2) is 11.4 Å². The summed E-state index contributed by atoms with van der Waals surface area (Å²) in [5.41, 5.74) is 0.822. The van der Waals surface area contributed by atoms with Crippen molar-refractivity contribution in [2.45, 2.75) is 89.6 Å². The molecule has 2 fully saturated rings. The number of nitrogens with zero attached hydrogens (tertiary/aromatic N) is 4. The standard InChI is InChI=1S/C33H38N4O6/c1-3-22-16-23(35-12-6-5-7-13-35)11-14-36(22)32(40)43-27-10-8-9-20-15-21-18-37-26(28(21)34-29(20)27)17-25-24(30(37)38)19-42-31(39)33(25,41)4-2/h8-10,15,17,22-23,41H,3-7,11-14,16,18-19H2,1-2H3/t22?,23?,33-/m0/s1. The molecule has 226 valence electrons. The van der Waals surface area contributed by atoms with Gasteiger partial charge >= 0.3 is 12.1 Å². The zero-order valence-corrected chi connectivity index (χ0v) is 24.8. The van der Waals surface area contributed by atoms with Gasteiger partial charge in [0, 0.05) is 35.1 Å². The van der Waals surface area contributed by atoms with E-state index in [1.54, 1.807) is 23.6 Å². The van der Waals surface area contributed by atoms with Gasteiger partial charge in [-0.3, -0.25) is 4.79 Å². The number of cyclic esters (lactones) is 1. The number of fused-ring (bicyclic) bond motifs is 5. The van der Waals surface area contributed by atoms with Crippen molar-refractivity contribution < 1.29 is 24.2 Å². The number of carbonyl (C=O) groups is 2. The highest BCUT2D eigenvalue weighted by Crippen LogP contribution is 2.40. The number of amides is 1. The molecule has 4 aliphatic heterocycles. The molecular formula is C33H38N4O6. The molecule has 0 aliphatic carbocycles. The van der Waals surface area contributed by atoms with E-state index in [0.29, 0.717) is 41.8 Å². The quantitative estimate of drug-likeness (QED) is 0.352. The smallest absolute Gasteiger partial charge is 0.415 e. The zero-order valence-electron chi connectivity index (χ0n) is 24.8. The number of hydrogen-bond acceptors (Lipinski definition) is 8. The second-order valence-corrected chi connectivity index (χ2v) is 12.3. The molecule has 43 heavy (non-hydrogen) atoms. The van der Waals surface area contributed by atoms with E-state index in [9.17, 15) is 19.5 Å². The number of ether oxygens (including phenoxy) is 2. The largest absolute Gasteiger partial charge is 0.458 e. The number of rotatable bonds is 4. The van der Waals surface area contributed by atoms with Crippen molar-refractivity contribution in [2.24, 2.45) is 0 Å². The first-order valence-electron chi connectivity index (χ1n) is 15.6. The topological polar surface area (TPSA) is 114 Å². The molecule has 1 N–H and O–H groups in total. The minimum atomic E-state index is -1.89. The Hall–Kier alpha value is -3.76. The number of likely N-dealkylation sites (tertiary alicyclic amines) is 2. The van der Waals surface area contributed by atoms with Crippen LogP contribution in [0.15, 0.2) is 35.1 Å². The predicted octanol–water partition coefficient (Wildman–Crippen LogP) is 4.31. The lowest BCUT2D eigenvalue weighted by Crippen LogP contribution is -2.53. The van der Waals surface area contributed by atoms with Gasteiger partial charge < -0.3 is 28.9 Å². The van der Waals surface area contributed by atoms with Gasteiger partial charge in [0.1, 0.15) is 12.1 Å². The number of benzene rings is 1. The number of para-hydroxylation sites is 1. The van der Waals surface area contributed by atoms with Gasteiger partial charge in [-0.1, -0.05) is 32.4 Å². The van der Waals surface area contributed by atoms with Crippen molar-refractivity contribution >= 4 is 23.0 Å². The van der Waals surface area contributed by atoms with Gasteiger partial charge in [0.25, 0.3) is 5.56 Å². The van der Waals surface area contributed by atoms with Crippen LogP contribution in [0.4, 0.5) is 4.79 Å². The highest BCUT2D eigenvalue weighted by atomic mass is 16.6. The Morgan fingerprint density at radius 2 is 1.95 bits per heavy atom. The lowest BCUT2D eigenvalue weighted by Gasteiger charge is -2.43. The average molecular weight is 587 g/mol. The SMILES string of the molecule is CCC1CC(N2CCCCC2)CCN1C(=O)Oc1cccc2cc3c(nc12)-c1cc2c(c(=O)n1C3)COC(=O)[C@]2(O)CC. The van der Waals surface area contributed by atoms with E-state index in [4.69, 9.17) is 14.5 Å². The van der Waals surface area contributed by atoms with Gasteiger partial charge in [0.05, 0.1) is 23.5 Å². The van der Waals surface area contributed by atoms with Gasteiger partial charge in [-0.25, -0.2) is 14.6 Å². The van der Waals surface area contributed by atoms with E-state index in [-0.39, 0.29) is 41.8 Å². The molecule has 4 aliphatic rings. The van der Waals surface area contributed by atoms with Gasteiger partial charge in [-0.2, -0.15) is 0 Å². The summed E-state index contributed by atoms with van der Waals surface area (Å²) in [4.78, 5) is 49.0. The third kappa shape index (κ3) is 4.53. The molecule has 1 amide bonds. The minimum absolute atomic E-state index is 0.0772. The fraction of sp³-hybridized carbons (Fsp3) is 0.515. The number of pyridine rings is 2. The van der Waals surface area contributed by atoms with Crippen LogP contribution in [0.1, 0.15) is 75.5 Å². The van der Waals surface area contributed by atoms with Crippen LogP contribution in [0.25, 0.3) is 22.3 Å². The molecule has 2 unspecified atom stereocenters. The molecule has 10 heteroatoms. The molecule has 6 heterocycles. The Morgan fingerprint density at radius 1 is 1.14 bits per heavy atom. The molecule has 2 aromatic heterocycles. The Morgan fingerprint density at radius 3 is 2.72 bits per heavy atom.